The van der Waals surface area contributed by atoms with Gasteiger partial charge in [-0.3, -0.25) is 0 Å². The highest BCUT2D eigenvalue weighted by Gasteiger charge is 2.29. The molecule has 1 heterocycles. The van der Waals surface area contributed by atoms with Crippen molar-refractivity contribution in [2.24, 2.45) is 5.92 Å². The smallest absolute Gasteiger partial charge is 0.427 e. The van der Waals surface area contributed by atoms with Crippen LogP contribution in [0.4, 0.5) is 0 Å². The monoisotopic (exact) mass is 142 g/mol. The van der Waals surface area contributed by atoms with Crippen molar-refractivity contribution in [1.29, 1.82) is 0 Å². The van der Waals surface area contributed by atoms with E-state index in [-0.39, 0.29) is 0 Å². The molecule has 1 N–H and O–H groups in total. The molecular formula is C7H15BO2. The van der Waals surface area contributed by atoms with Crippen molar-refractivity contribution in [3.05, 3.63) is 0 Å². The topological polar surface area (TPSA) is 29.5 Å². The van der Waals surface area contributed by atoms with Crippen LogP contribution in [-0.2, 0) is 4.65 Å². The number of hydrogen-bond donors (Lipinski definition) is 1. The summed E-state index contributed by atoms with van der Waals surface area (Å²) < 4.78 is 5.14. The molecule has 58 valence electrons. The molecule has 1 fully saturated rings. The van der Waals surface area contributed by atoms with Crippen molar-refractivity contribution in [1.82, 2.24) is 0 Å². The second kappa shape index (κ2) is 3.40. The lowest BCUT2D eigenvalue weighted by molar-refractivity contribution is 0.259. The van der Waals surface area contributed by atoms with E-state index in [0.717, 1.165) is 13.0 Å². The Morgan fingerprint density at radius 3 is 2.90 bits per heavy atom. The van der Waals surface area contributed by atoms with E-state index < -0.39 is 7.12 Å². The van der Waals surface area contributed by atoms with Crippen LogP contribution in [0, 0.1) is 5.92 Å². The lowest BCUT2D eigenvalue weighted by Gasteiger charge is -2.16. The van der Waals surface area contributed by atoms with E-state index in [2.05, 4.69) is 6.92 Å². The average molecular weight is 142 g/mol. The molecular weight excluding hydrogens is 127 g/mol. The maximum absolute atomic E-state index is 9.31. The first-order valence-corrected chi connectivity index (χ1v) is 4.01. The van der Waals surface area contributed by atoms with Gasteiger partial charge in [-0.05, 0) is 24.6 Å². The maximum atomic E-state index is 9.31. The Morgan fingerprint density at radius 1 is 1.50 bits per heavy atom. The summed E-state index contributed by atoms with van der Waals surface area (Å²) in [5, 5.41) is 9.31. The van der Waals surface area contributed by atoms with Crippen LogP contribution >= 0.6 is 0 Å². The third-order valence-electron chi connectivity index (χ3n) is 2.44. The molecule has 1 aliphatic heterocycles. The molecule has 2 nitrogen and oxygen atoms in total. The summed E-state index contributed by atoms with van der Waals surface area (Å²) in [5.41, 5.74) is 0. The van der Waals surface area contributed by atoms with E-state index in [0.29, 0.717) is 11.7 Å². The second-order valence-corrected chi connectivity index (χ2v) is 3.24. The summed E-state index contributed by atoms with van der Waals surface area (Å²) in [7, 11) is -0.530. The van der Waals surface area contributed by atoms with E-state index in [9.17, 15) is 5.02 Å². The molecule has 0 spiro atoms. The van der Waals surface area contributed by atoms with Gasteiger partial charge < -0.3 is 9.68 Å². The summed E-state index contributed by atoms with van der Waals surface area (Å²) in [6, 6.07) is 0. The van der Waals surface area contributed by atoms with Crippen LogP contribution in [0.25, 0.3) is 0 Å². The average Bonchev–Trinajstić information content (AvgIpc) is 2.04. The predicted molar refractivity (Wildman–Crippen MR) is 41.7 cm³/mol. The summed E-state index contributed by atoms with van der Waals surface area (Å²) in [6.07, 6.45) is 2.26. The first kappa shape index (κ1) is 8.09. The van der Waals surface area contributed by atoms with Crippen LogP contribution in [0.2, 0.25) is 5.82 Å². The van der Waals surface area contributed by atoms with Crippen molar-refractivity contribution in [2.45, 2.75) is 32.5 Å². The molecule has 0 aliphatic carbocycles. The molecule has 0 bridgehead atoms. The Morgan fingerprint density at radius 2 is 2.20 bits per heavy atom. The van der Waals surface area contributed by atoms with Gasteiger partial charge in [-0.15, -0.1) is 0 Å². The van der Waals surface area contributed by atoms with Crippen LogP contribution in [0.15, 0.2) is 0 Å². The molecule has 1 saturated heterocycles. The van der Waals surface area contributed by atoms with Crippen molar-refractivity contribution in [3.63, 3.8) is 0 Å². The fourth-order valence-corrected chi connectivity index (χ4v) is 1.31. The first-order chi connectivity index (χ1) is 4.72. The minimum Gasteiger partial charge on any atom is -0.427 e. The fourth-order valence-electron chi connectivity index (χ4n) is 1.31. The van der Waals surface area contributed by atoms with E-state index in [4.69, 9.17) is 4.65 Å². The lowest BCUT2D eigenvalue weighted by Crippen LogP contribution is -2.24. The van der Waals surface area contributed by atoms with Gasteiger partial charge in [0.1, 0.15) is 0 Å². The van der Waals surface area contributed by atoms with Crippen molar-refractivity contribution in [3.8, 4) is 0 Å². The Balaban J connectivity index is 2.46. The molecule has 1 aliphatic rings. The second-order valence-electron chi connectivity index (χ2n) is 3.24. The summed E-state index contributed by atoms with van der Waals surface area (Å²) in [4.78, 5) is 0. The third kappa shape index (κ3) is 1.73. The summed E-state index contributed by atoms with van der Waals surface area (Å²) in [5.74, 6) is 0.889. The molecule has 3 heteroatoms. The fraction of sp³-hybridized carbons (Fsp3) is 1.00. The molecule has 0 saturated carbocycles. The first-order valence-electron chi connectivity index (χ1n) is 4.01. The van der Waals surface area contributed by atoms with Crippen molar-refractivity contribution >= 4 is 7.12 Å². The molecule has 0 aromatic rings. The molecule has 0 aromatic carbocycles. The van der Waals surface area contributed by atoms with Gasteiger partial charge in [0, 0.05) is 6.61 Å². The van der Waals surface area contributed by atoms with Gasteiger partial charge >= 0.3 is 7.12 Å². The van der Waals surface area contributed by atoms with Gasteiger partial charge in [-0.2, -0.15) is 0 Å². The van der Waals surface area contributed by atoms with Gasteiger partial charge in [0.2, 0.25) is 0 Å². The normalized spacial score (nSPS) is 35.7. The van der Waals surface area contributed by atoms with Crippen molar-refractivity contribution in [2.75, 3.05) is 6.61 Å². The van der Waals surface area contributed by atoms with Gasteiger partial charge in [0.05, 0.1) is 0 Å². The molecule has 0 radical (unpaired) electrons. The maximum Gasteiger partial charge on any atom is 0.457 e. The predicted octanol–water partition coefficient (Wildman–Crippen LogP) is 1.30. The van der Waals surface area contributed by atoms with E-state index >= 15 is 0 Å². The molecule has 2 atom stereocenters. The van der Waals surface area contributed by atoms with E-state index in [1.165, 1.54) is 6.42 Å². The van der Waals surface area contributed by atoms with E-state index in [1.807, 2.05) is 6.92 Å². The Labute approximate surface area is 62.7 Å². The molecule has 0 amide bonds. The van der Waals surface area contributed by atoms with Gasteiger partial charge in [0.25, 0.3) is 0 Å². The number of rotatable bonds is 0. The SMILES string of the molecule is CC1CCCOB(O)C1C. The summed E-state index contributed by atoms with van der Waals surface area (Å²) >= 11 is 0. The van der Waals surface area contributed by atoms with Crippen LogP contribution < -0.4 is 0 Å². The molecule has 10 heavy (non-hydrogen) atoms. The largest absolute Gasteiger partial charge is 0.457 e. The standard InChI is InChI=1S/C7H15BO2/c1-6-4-3-5-10-8(9)7(6)2/h6-7,9H,3-5H2,1-2H3. The molecule has 1 rings (SSSR count). The van der Waals surface area contributed by atoms with Crippen LogP contribution in [0.3, 0.4) is 0 Å². The molecule has 0 aromatic heterocycles. The zero-order valence-electron chi connectivity index (χ0n) is 6.71. The Kier molecular flexibility index (Phi) is 2.75. The minimum atomic E-state index is -0.530. The summed E-state index contributed by atoms with van der Waals surface area (Å²) in [6.45, 7) is 4.93. The highest BCUT2D eigenvalue weighted by Crippen LogP contribution is 2.27. The zero-order valence-corrected chi connectivity index (χ0v) is 6.71. The van der Waals surface area contributed by atoms with Gasteiger partial charge in [-0.1, -0.05) is 13.8 Å². The Bertz CT molecular complexity index is 95.8. The van der Waals surface area contributed by atoms with Crippen LogP contribution in [0.5, 0.6) is 0 Å². The number of hydrogen-bond acceptors (Lipinski definition) is 2. The third-order valence-corrected chi connectivity index (χ3v) is 2.44. The Hall–Kier alpha value is -0.0151. The molecule has 2 unspecified atom stereocenters. The van der Waals surface area contributed by atoms with Crippen molar-refractivity contribution < 1.29 is 9.68 Å². The quantitative estimate of drug-likeness (QED) is 0.516. The zero-order chi connectivity index (χ0) is 7.56. The highest BCUT2D eigenvalue weighted by molar-refractivity contribution is 6.44. The lowest BCUT2D eigenvalue weighted by atomic mass is 9.67. The van der Waals surface area contributed by atoms with Crippen LogP contribution in [-0.4, -0.2) is 18.7 Å². The van der Waals surface area contributed by atoms with Crippen LogP contribution in [0.1, 0.15) is 26.7 Å². The minimum absolute atomic E-state index is 0.294. The van der Waals surface area contributed by atoms with Gasteiger partial charge in [0.15, 0.2) is 0 Å². The highest BCUT2D eigenvalue weighted by atomic mass is 16.5. The van der Waals surface area contributed by atoms with E-state index in [1.54, 1.807) is 0 Å². The van der Waals surface area contributed by atoms with Gasteiger partial charge in [-0.25, -0.2) is 0 Å².